The first-order valence-electron chi connectivity index (χ1n) is 8.24. The van der Waals surface area contributed by atoms with Gasteiger partial charge in [-0.15, -0.1) is 0 Å². The number of carbonyl (C=O) groups excluding carboxylic acids is 1. The van der Waals surface area contributed by atoms with Gasteiger partial charge in [-0.1, -0.05) is 19.3 Å². The molecule has 2 fully saturated rings. The molecule has 21 heavy (non-hydrogen) atoms. The smallest absolute Gasteiger partial charge is 0.319 e. The van der Waals surface area contributed by atoms with Crippen LogP contribution in [-0.2, 0) is 4.79 Å². The zero-order valence-corrected chi connectivity index (χ0v) is 13.1. The fraction of sp³-hybridized carbons (Fsp3) is 0.875. The summed E-state index contributed by atoms with van der Waals surface area (Å²) in [5.41, 5.74) is 0.511. The minimum Gasteiger partial charge on any atom is -0.481 e. The third kappa shape index (κ3) is 4.35. The van der Waals surface area contributed by atoms with Crippen molar-refractivity contribution in [1.29, 1.82) is 0 Å². The van der Waals surface area contributed by atoms with E-state index in [1.54, 1.807) is 11.9 Å². The van der Waals surface area contributed by atoms with E-state index in [0.29, 0.717) is 18.4 Å². The number of aliphatic carboxylic acids is 1. The fourth-order valence-electron chi connectivity index (χ4n) is 3.78. The van der Waals surface area contributed by atoms with E-state index in [9.17, 15) is 9.59 Å². The van der Waals surface area contributed by atoms with Gasteiger partial charge in [0, 0.05) is 33.1 Å². The monoisotopic (exact) mass is 296 g/mol. The summed E-state index contributed by atoms with van der Waals surface area (Å²) in [6.45, 7) is 2.25. The molecule has 1 aliphatic carbocycles. The van der Waals surface area contributed by atoms with Gasteiger partial charge < -0.3 is 14.9 Å². The summed E-state index contributed by atoms with van der Waals surface area (Å²) >= 11 is 0. The summed E-state index contributed by atoms with van der Waals surface area (Å²) in [6.07, 6.45) is 9.68. The lowest BCUT2D eigenvalue weighted by atomic mass is 9.68. The lowest BCUT2D eigenvalue weighted by Gasteiger charge is -2.45. The van der Waals surface area contributed by atoms with Gasteiger partial charge >= 0.3 is 12.0 Å². The van der Waals surface area contributed by atoms with E-state index in [4.69, 9.17) is 5.11 Å². The van der Waals surface area contributed by atoms with Crippen molar-refractivity contribution in [3.8, 4) is 0 Å². The van der Waals surface area contributed by atoms with E-state index in [2.05, 4.69) is 0 Å². The lowest BCUT2D eigenvalue weighted by molar-refractivity contribution is -0.137. The third-order valence-electron chi connectivity index (χ3n) is 5.22. The van der Waals surface area contributed by atoms with Crippen LogP contribution in [0.3, 0.4) is 0 Å². The van der Waals surface area contributed by atoms with Crippen molar-refractivity contribution >= 4 is 12.0 Å². The molecule has 0 unspecified atom stereocenters. The number of nitrogens with zero attached hydrogens (tertiary/aromatic N) is 2. The number of amides is 2. The topological polar surface area (TPSA) is 60.9 Å². The summed E-state index contributed by atoms with van der Waals surface area (Å²) in [5, 5.41) is 8.64. The van der Waals surface area contributed by atoms with Crippen LogP contribution in [0.25, 0.3) is 0 Å². The zero-order valence-electron chi connectivity index (χ0n) is 13.1. The molecule has 1 spiro atoms. The number of carboxylic acid groups (broad SMARTS) is 1. The van der Waals surface area contributed by atoms with Crippen LogP contribution in [0.4, 0.5) is 4.79 Å². The zero-order chi connectivity index (χ0) is 15.3. The van der Waals surface area contributed by atoms with Crippen LogP contribution in [0.1, 0.15) is 57.8 Å². The van der Waals surface area contributed by atoms with Crippen molar-refractivity contribution < 1.29 is 14.7 Å². The molecule has 0 bridgehead atoms. The molecule has 0 aromatic carbocycles. The van der Waals surface area contributed by atoms with Crippen LogP contribution in [0.15, 0.2) is 0 Å². The molecule has 0 radical (unpaired) electrons. The van der Waals surface area contributed by atoms with Crippen LogP contribution in [-0.4, -0.2) is 53.6 Å². The summed E-state index contributed by atoms with van der Waals surface area (Å²) in [4.78, 5) is 26.5. The van der Waals surface area contributed by atoms with Gasteiger partial charge in [-0.25, -0.2) is 4.79 Å². The van der Waals surface area contributed by atoms with Crippen molar-refractivity contribution in [3.05, 3.63) is 0 Å². The van der Waals surface area contributed by atoms with Crippen molar-refractivity contribution in [2.24, 2.45) is 5.41 Å². The number of hydrogen-bond donors (Lipinski definition) is 1. The fourth-order valence-corrected chi connectivity index (χ4v) is 3.78. The molecule has 2 amide bonds. The molecule has 0 aromatic rings. The average molecular weight is 296 g/mol. The van der Waals surface area contributed by atoms with E-state index in [1.165, 1.54) is 32.1 Å². The molecule has 1 aliphatic heterocycles. The summed E-state index contributed by atoms with van der Waals surface area (Å²) in [7, 11) is 1.77. The van der Waals surface area contributed by atoms with Crippen LogP contribution in [0.5, 0.6) is 0 Å². The second kappa shape index (κ2) is 7.14. The highest BCUT2D eigenvalue weighted by Crippen LogP contribution is 2.44. The van der Waals surface area contributed by atoms with Crippen molar-refractivity contribution in [1.82, 2.24) is 9.80 Å². The first-order chi connectivity index (χ1) is 10.0. The van der Waals surface area contributed by atoms with Crippen LogP contribution in [0, 0.1) is 5.41 Å². The Balaban J connectivity index is 1.75. The molecular weight excluding hydrogens is 268 g/mol. The molecule has 0 atom stereocenters. The molecule has 2 rings (SSSR count). The minimum absolute atomic E-state index is 0.0612. The maximum Gasteiger partial charge on any atom is 0.319 e. The number of hydrogen-bond acceptors (Lipinski definition) is 2. The molecule has 1 N–H and O–H groups in total. The Labute approximate surface area is 127 Å². The first-order valence-corrected chi connectivity index (χ1v) is 8.24. The Morgan fingerprint density at radius 1 is 1.10 bits per heavy atom. The Morgan fingerprint density at radius 3 is 2.29 bits per heavy atom. The van der Waals surface area contributed by atoms with Crippen LogP contribution < -0.4 is 0 Å². The predicted octanol–water partition coefficient (Wildman–Crippen LogP) is 2.95. The second-order valence-corrected chi connectivity index (χ2v) is 6.75. The highest BCUT2D eigenvalue weighted by Gasteiger charge is 2.37. The van der Waals surface area contributed by atoms with Gasteiger partial charge in [-0.3, -0.25) is 4.79 Å². The molecule has 1 saturated carbocycles. The van der Waals surface area contributed by atoms with E-state index in [0.717, 1.165) is 25.9 Å². The van der Waals surface area contributed by atoms with Gasteiger partial charge in [0.15, 0.2) is 0 Å². The van der Waals surface area contributed by atoms with Gasteiger partial charge in [0.25, 0.3) is 0 Å². The van der Waals surface area contributed by atoms with E-state index < -0.39 is 5.97 Å². The van der Waals surface area contributed by atoms with E-state index >= 15 is 0 Å². The normalized spacial score (nSPS) is 21.3. The van der Waals surface area contributed by atoms with Gasteiger partial charge in [0.05, 0.1) is 0 Å². The number of urea groups is 1. The van der Waals surface area contributed by atoms with Gasteiger partial charge in [-0.05, 0) is 37.5 Å². The maximum atomic E-state index is 12.3. The predicted molar refractivity (Wildman–Crippen MR) is 81.2 cm³/mol. The Hall–Kier alpha value is -1.26. The molecule has 5 nitrogen and oxygen atoms in total. The maximum absolute atomic E-state index is 12.3. The largest absolute Gasteiger partial charge is 0.481 e. The Morgan fingerprint density at radius 2 is 1.71 bits per heavy atom. The highest BCUT2D eigenvalue weighted by molar-refractivity contribution is 5.74. The van der Waals surface area contributed by atoms with Crippen molar-refractivity contribution in [2.45, 2.75) is 57.8 Å². The standard InChI is InChI=1S/C16H28N2O3/c1-17(11-5-6-14(19)20)15(21)18-12-9-16(10-13-18)7-3-2-4-8-16/h2-13H2,1H3,(H,19,20). The van der Waals surface area contributed by atoms with E-state index in [1.807, 2.05) is 4.90 Å². The molecular formula is C16H28N2O3. The van der Waals surface area contributed by atoms with Gasteiger partial charge in [0.2, 0.25) is 0 Å². The van der Waals surface area contributed by atoms with E-state index in [-0.39, 0.29) is 12.5 Å². The van der Waals surface area contributed by atoms with Crippen molar-refractivity contribution in [3.63, 3.8) is 0 Å². The molecule has 120 valence electrons. The molecule has 0 aromatic heterocycles. The summed E-state index contributed by atoms with van der Waals surface area (Å²) in [6, 6.07) is 0.0612. The number of rotatable bonds is 4. The van der Waals surface area contributed by atoms with Crippen LogP contribution >= 0.6 is 0 Å². The second-order valence-electron chi connectivity index (χ2n) is 6.75. The Kier molecular flexibility index (Phi) is 5.48. The third-order valence-corrected chi connectivity index (χ3v) is 5.22. The van der Waals surface area contributed by atoms with Crippen LogP contribution in [0.2, 0.25) is 0 Å². The highest BCUT2D eigenvalue weighted by atomic mass is 16.4. The van der Waals surface area contributed by atoms with Gasteiger partial charge in [0.1, 0.15) is 0 Å². The number of carbonyl (C=O) groups is 2. The molecule has 1 saturated heterocycles. The molecule has 1 heterocycles. The lowest BCUT2D eigenvalue weighted by Crippen LogP contribution is -2.48. The number of likely N-dealkylation sites (tertiary alicyclic amines) is 1. The van der Waals surface area contributed by atoms with Crippen molar-refractivity contribution in [2.75, 3.05) is 26.7 Å². The molecule has 5 heteroatoms. The summed E-state index contributed by atoms with van der Waals surface area (Å²) < 4.78 is 0. The number of carboxylic acids is 1. The first kappa shape index (κ1) is 16.1. The van der Waals surface area contributed by atoms with Gasteiger partial charge in [-0.2, -0.15) is 0 Å². The minimum atomic E-state index is -0.798. The number of piperidine rings is 1. The quantitative estimate of drug-likeness (QED) is 0.867. The molecule has 2 aliphatic rings. The SMILES string of the molecule is CN(CCCC(=O)O)C(=O)N1CCC2(CCCCC2)CC1. The Bertz CT molecular complexity index is 368. The summed E-state index contributed by atoms with van der Waals surface area (Å²) in [5.74, 6) is -0.798. The average Bonchev–Trinajstić information content (AvgIpc) is 2.48.